The third kappa shape index (κ3) is 5.46. The van der Waals surface area contributed by atoms with Gasteiger partial charge in [0.05, 0.1) is 16.6 Å². The van der Waals surface area contributed by atoms with Crippen molar-refractivity contribution in [3.05, 3.63) is 45.3 Å². The van der Waals surface area contributed by atoms with Crippen LogP contribution in [0.2, 0.25) is 5.02 Å². The molecule has 3 rings (SSSR count). The maximum absolute atomic E-state index is 13.1. The molecule has 2 heterocycles. The predicted octanol–water partition coefficient (Wildman–Crippen LogP) is 4.70. The minimum Gasteiger partial charge on any atom is -0.462 e. The van der Waals surface area contributed by atoms with Gasteiger partial charge in [-0.1, -0.05) is 24.4 Å². The molecule has 1 amide bonds. The summed E-state index contributed by atoms with van der Waals surface area (Å²) in [4.78, 5) is 25.1. The Labute approximate surface area is 191 Å². The van der Waals surface area contributed by atoms with E-state index in [0.717, 1.165) is 37.0 Å². The third-order valence-corrected chi connectivity index (χ3v) is 8.50. The van der Waals surface area contributed by atoms with Gasteiger partial charge in [0, 0.05) is 18.7 Å². The standard InChI is InChI=1S/C21H25ClN2O5S2/c1-3-29-21(26)19-14(2)12-18(30-19)23-20(25)15-8-9-16(22)17(13-15)31(27,28)24-10-6-4-5-7-11-24/h8-9,12-13H,3-7,10-11H2,1-2H3,(H,23,25). The first kappa shape index (κ1) is 23.7. The van der Waals surface area contributed by atoms with E-state index in [1.165, 1.54) is 22.5 Å². The molecule has 0 spiro atoms. The molecule has 168 valence electrons. The molecule has 0 radical (unpaired) electrons. The summed E-state index contributed by atoms with van der Waals surface area (Å²) in [6.07, 6.45) is 3.60. The highest BCUT2D eigenvalue weighted by molar-refractivity contribution is 7.89. The van der Waals surface area contributed by atoms with Gasteiger partial charge in [0.25, 0.3) is 5.91 Å². The number of amides is 1. The number of aryl methyl sites for hydroxylation is 1. The first-order chi connectivity index (χ1) is 14.7. The normalized spacial score (nSPS) is 15.3. The van der Waals surface area contributed by atoms with Gasteiger partial charge >= 0.3 is 5.97 Å². The lowest BCUT2D eigenvalue weighted by atomic mass is 10.2. The van der Waals surface area contributed by atoms with Crippen molar-refractivity contribution in [1.82, 2.24) is 4.31 Å². The first-order valence-corrected chi connectivity index (χ1v) is 12.8. The molecule has 0 atom stereocenters. The molecule has 10 heteroatoms. The Kier molecular flexibility index (Phi) is 7.74. The van der Waals surface area contributed by atoms with Crippen molar-refractivity contribution < 1.29 is 22.7 Å². The molecule has 1 fully saturated rings. The number of hydrogen-bond donors (Lipinski definition) is 1. The van der Waals surface area contributed by atoms with Crippen molar-refractivity contribution in [2.45, 2.75) is 44.4 Å². The van der Waals surface area contributed by atoms with Crippen LogP contribution in [-0.2, 0) is 14.8 Å². The van der Waals surface area contributed by atoms with Gasteiger partial charge < -0.3 is 10.1 Å². The molecule has 7 nitrogen and oxygen atoms in total. The van der Waals surface area contributed by atoms with E-state index in [1.807, 2.05) is 0 Å². The van der Waals surface area contributed by atoms with Gasteiger partial charge in [-0.05, 0) is 56.5 Å². The number of ether oxygens (including phenoxy) is 1. The maximum Gasteiger partial charge on any atom is 0.348 e. The van der Waals surface area contributed by atoms with Crippen LogP contribution in [0.3, 0.4) is 0 Å². The number of halogens is 1. The van der Waals surface area contributed by atoms with Crippen molar-refractivity contribution in [2.75, 3.05) is 25.0 Å². The summed E-state index contributed by atoms with van der Waals surface area (Å²) in [7, 11) is -3.80. The van der Waals surface area contributed by atoms with Gasteiger partial charge in [-0.25, -0.2) is 13.2 Å². The van der Waals surface area contributed by atoms with Crippen LogP contribution >= 0.6 is 22.9 Å². The van der Waals surface area contributed by atoms with Crippen LogP contribution in [-0.4, -0.2) is 44.3 Å². The highest BCUT2D eigenvalue weighted by Gasteiger charge is 2.28. The topological polar surface area (TPSA) is 92.8 Å². The summed E-state index contributed by atoms with van der Waals surface area (Å²) in [5.74, 6) is -0.927. The summed E-state index contributed by atoms with van der Waals surface area (Å²) in [6, 6.07) is 5.89. The largest absolute Gasteiger partial charge is 0.462 e. The van der Waals surface area contributed by atoms with Crippen molar-refractivity contribution >= 4 is 49.8 Å². The van der Waals surface area contributed by atoms with Crippen molar-refractivity contribution in [2.24, 2.45) is 0 Å². The smallest absolute Gasteiger partial charge is 0.348 e. The molecular formula is C21H25ClN2O5S2. The number of thiophene rings is 1. The van der Waals surface area contributed by atoms with Gasteiger partial charge in [0.15, 0.2) is 0 Å². The highest BCUT2D eigenvalue weighted by Crippen LogP contribution is 2.30. The fraction of sp³-hybridized carbons (Fsp3) is 0.429. The average molecular weight is 485 g/mol. The molecule has 1 aromatic carbocycles. The Balaban J connectivity index is 1.83. The van der Waals surface area contributed by atoms with Crippen LogP contribution < -0.4 is 5.32 Å². The van der Waals surface area contributed by atoms with Crippen LogP contribution in [0.15, 0.2) is 29.2 Å². The molecule has 31 heavy (non-hydrogen) atoms. The highest BCUT2D eigenvalue weighted by atomic mass is 35.5. The van der Waals surface area contributed by atoms with E-state index in [2.05, 4.69) is 5.32 Å². The minimum atomic E-state index is -3.80. The monoisotopic (exact) mass is 484 g/mol. The summed E-state index contributed by atoms with van der Waals surface area (Å²) < 4.78 is 32.7. The average Bonchev–Trinajstić information content (AvgIpc) is 2.92. The van der Waals surface area contributed by atoms with Crippen LogP contribution in [0.25, 0.3) is 0 Å². The van der Waals surface area contributed by atoms with Crippen molar-refractivity contribution in [3.63, 3.8) is 0 Å². The van der Waals surface area contributed by atoms with Crippen molar-refractivity contribution in [1.29, 1.82) is 0 Å². The lowest BCUT2D eigenvalue weighted by molar-refractivity contribution is 0.0531. The van der Waals surface area contributed by atoms with Crippen LogP contribution in [0.4, 0.5) is 5.00 Å². The Morgan fingerprint density at radius 1 is 1.16 bits per heavy atom. The Hall–Kier alpha value is -1.94. The number of esters is 1. The number of carbonyl (C=O) groups excluding carboxylic acids is 2. The second-order valence-corrected chi connectivity index (χ2v) is 10.6. The molecule has 1 aliphatic heterocycles. The summed E-state index contributed by atoms with van der Waals surface area (Å²) in [5, 5.41) is 3.28. The zero-order chi connectivity index (χ0) is 22.6. The third-order valence-electron chi connectivity index (χ3n) is 4.99. The molecule has 1 saturated heterocycles. The van der Waals surface area contributed by atoms with E-state index >= 15 is 0 Å². The summed E-state index contributed by atoms with van der Waals surface area (Å²) >= 11 is 7.32. The van der Waals surface area contributed by atoms with Crippen LogP contribution in [0.5, 0.6) is 0 Å². The van der Waals surface area contributed by atoms with E-state index in [1.54, 1.807) is 19.9 Å². The Bertz CT molecular complexity index is 1070. The number of nitrogens with one attached hydrogen (secondary N) is 1. The molecule has 1 N–H and O–H groups in total. The number of anilines is 1. The van der Waals surface area contributed by atoms with Gasteiger partial charge in [-0.3, -0.25) is 4.79 Å². The summed E-state index contributed by atoms with van der Waals surface area (Å²) in [6.45, 7) is 4.63. The number of nitrogens with zero attached hydrogens (tertiary/aromatic N) is 1. The van der Waals surface area contributed by atoms with E-state index in [0.29, 0.717) is 28.5 Å². The fourth-order valence-corrected chi connectivity index (χ4v) is 6.37. The number of hydrogen-bond acceptors (Lipinski definition) is 6. The zero-order valence-corrected chi connectivity index (χ0v) is 19.8. The SMILES string of the molecule is CCOC(=O)c1sc(NC(=O)c2ccc(Cl)c(S(=O)(=O)N3CCCCCC3)c2)cc1C. The predicted molar refractivity (Wildman–Crippen MR) is 122 cm³/mol. The second-order valence-electron chi connectivity index (χ2n) is 7.26. The maximum atomic E-state index is 13.1. The van der Waals surface area contributed by atoms with Gasteiger partial charge in [0.1, 0.15) is 9.77 Å². The van der Waals surface area contributed by atoms with E-state index in [4.69, 9.17) is 16.3 Å². The molecule has 1 aliphatic rings. The second kappa shape index (κ2) is 10.1. The van der Waals surface area contributed by atoms with E-state index < -0.39 is 21.9 Å². The van der Waals surface area contributed by atoms with E-state index in [9.17, 15) is 18.0 Å². The molecule has 0 saturated carbocycles. The molecule has 0 unspecified atom stereocenters. The Morgan fingerprint density at radius 3 is 2.48 bits per heavy atom. The number of rotatable bonds is 6. The zero-order valence-electron chi connectivity index (χ0n) is 17.4. The van der Waals surface area contributed by atoms with Gasteiger partial charge in [-0.15, -0.1) is 11.3 Å². The van der Waals surface area contributed by atoms with Gasteiger partial charge in [-0.2, -0.15) is 4.31 Å². The fourth-order valence-electron chi connectivity index (χ4n) is 3.39. The van der Waals surface area contributed by atoms with Gasteiger partial charge in [0.2, 0.25) is 10.0 Å². The minimum absolute atomic E-state index is 0.0710. The molecule has 0 aliphatic carbocycles. The first-order valence-electron chi connectivity index (χ1n) is 10.1. The number of benzene rings is 1. The van der Waals surface area contributed by atoms with Crippen LogP contribution in [0, 0.1) is 6.92 Å². The van der Waals surface area contributed by atoms with E-state index in [-0.39, 0.29) is 22.1 Å². The van der Waals surface area contributed by atoms with Crippen molar-refractivity contribution in [3.8, 4) is 0 Å². The summed E-state index contributed by atoms with van der Waals surface area (Å²) in [5.41, 5.74) is 0.862. The van der Waals surface area contributed by atoms with Crippen LogP contribution in [0.1, 0.15) is 58.2 Å². The molecule has 2 aromatic rings. The number of sulfonamides is 1. The Morgan fingerprint density at radius 2 is 1.84 bits per heavy atom. The lowest BCUT2D eigenvalue weighted by Gasteiger charge is -2.21. The molecule has 1 aromatic heterocycles. The molecule has 0 bridgehead atoms. The quantitative estimate of drug-likeness (QED) is 0.599. The molecular weight excluding hydrogens is 460 g/mol. The lowest BCUT2D eigenvalue weighted by Crippen LogP contribution is -2.32. The number of carbonyl (C=O) groups is 2.